The van der Waals surface area contributed by atoms with Crippen LogP contribution in [-0.4, -0.2) is 23.6 Å². The molecule has 1 N–H and O–H groups in total. The van der Waals surface area contributed by atoms with E-state index in [1.807, 2.05) is 25.5 Å². The lowest BCUT2D eigenvalue weighted by Gasteiger charge is -2.17. The van der Waals surface area contributed by atoms with Gasteiger partial charge < -0.3 is 10.1 Å². The first kappa shape index (κ1) is 11.2. The van der Waals surface area contributed by atoms with Crippen molar-refractivity contribution in [2.24, 2.45) is 0 Å². The van der Waals surface area contributed by atoms with E-state index in [0.29, 0.717) is 0 Å². The Morgan fingerprint density at radius 1 is 1.22 bits per heavy atom. The van der Waals surface area contributed by atoms with E-state index in [2.05, 4.69) is 27.4 Å². The first-order valence-electron chi connectivity index (χ1n) is 6.06. The van der Waals surface area contributed by atoms with Gasteiger partial charge in [0.15, 0.2) is 0 Å². The molecule has 1 aromatic heterocycles. The Kier molecular flexibility index (Phi) is 2.94. The van der Waals surface area contributed by atoms with E-state index < -0.39 is 0 Å². The van der Waals surface area contributed by atoms with Gasteiger partial charge in [-0.3, -0.25) is 0 Å². The van der Waals surface area contributed by atoms with Gasteiger partial charge in [-0.15, -0.1) is 0 Å². The molecular weight excluding hydrogens is 226 g/mol. The lowest BCUT2D eigenvalue weighted by atomic mass is 9.98. The molecule has 3 rings (SSSR count). The molecule has 0 spiro atoms. The summed E-state index contributed by atoms with van der Waals surface area (Å²) >= 11 is 0. The number of nitrogens with one attached hydrogen (secondary N) is 1. The number of benzene rings is 1. The van der Waals surface area contributed by atoms with Crippen LogP contribution in [0.4, 0.5) is 0 Å². The topological polar surface area (TPSA) is 47.0 Å². The van der Waals surface area contributed by atoms with Crippen LogP contribution in [0.2, 0.25) is 0 Å². The second-order valence-corrected chi connectivity index (χ2v) is 4.36. The van der Waals surface area contributed by atoms with E-state index in [9.17, 15) is 0 Å². The van der Waals surface area contributed by atoms with Crippen LogP contribution in [0.15, 0.2) is 36.9 Å². The zero-order chi connectivity index (χ0) is 12.4. The van der Waals surface area contributed by atoms with Crippen molar-refractivity contribution in [2.75, 3.05) is 13.7 Å². The fourth-order valence-corrected chi connectivity index (χ4v) is 2.37. The summed E-state index contributed by atoms with van der Waals surface area (Å²) < 4.78 is 5.53. The number of ether oxygens (including phenoxy) is 1. The average Bonchev–Trinajstić information content (AvgIpc) is 2.88. The van der Waals surface area contributed by atoms with Gasteiger partial charge in [-0.1, -0.05) is 12.1 Å². The average molecular weight is 241 g/mol. The van der Waals surface area contributed by atoms with Gasteiger partial charge in [0.2, 0.25) is 0 Å². The Morgan fingerprint density at radius 3 is 2.83 bits per heavy atom. The highest BCUT2D eigenvalue weighted by atomic mass is 16.5. The summed E-state index contributed by atoms with van der Waals surface area (Å²) in [5.74, 6) is 1.01. The van der Waals surface area contributed by atoms with Crippen molar-refractivity contribution in [3.63, 3.8) is 0 Å². The molecule has 1 unspecified atom stereocenters. The molecule has 2 aromatic rings. The second kappa shape index (κ2) is 4.74. The summed E-state index contributed by atoms with van der Waals surface area (Å²) in [7, 11) is 1.95. The van der Waals surface area contributed by atoms with Crippen LogP contribution in [0.1, 0.15) is 22.7 Å². The Balaban J connectivity index is 1.97. The quantitative estimate of drug-likeness (QED) is 0.888. The predicted molar refractivity (Wildman–Crippen MR) is 68.6 cm³/mol. The Bertz CT molecular complexity index is 542. The molecule has 4 heteroatoms. The Morgan fingerprint density at radius 2 is 2.06 bits per heavy atom. The van der Waals surface area contributed by atoms with E-state index in [4.69, 9.17) is 4.74 Å². The van der Waals surface area contributed by atoms with Crippen LogP contribution in [0, 0.1) is 0 Å². The van der Waals surface area contributed by atoms with Crippen molar-refractivity contribution in [1.82, 2.24) is 15.3 Å². The molecular formula is C14H15N3O. The van der Waals surface area contributed by atoms with Gasteiger partial charge in [-0.2, -0.15) is 0 Å². The van der Waals surface area contributed by atoms with Gasteiger partial charge in [0.05, 0.1) is 12.6 Å². The lowest BCUT2D eigenvalue weighted by molar-refractivity contribution is 0.357. The summed E-state index contributed by atoms with van der Waals surface area (Å²) in [6.07, 6.45) is 6.23. The maximum absolute atomic E-state index is 5.53. The normalized spacial score (nSPS) is 14.9. The molecule has 18 heavy (non-hydrogen) atoms. The maximum Gasteiger partial charge on any atom is 0.122 e. The SMILES string of the molecule is CNC(c1cncnc1)c1ccc2c(c1)CCO2. The molecule has 0 saturated heterocycles. The molecule has 0 amide bonds. The molecule has 1 aliphatic heterocycles. The van der Waals surface area contributed by atoms with Gasteiger partial charge >= 0.3 is 0 Å². The van der Waals surface area contributed by atoms with Crippen molar-refractivity contribution in [1.29, 1.82) is 0 Å². The zero-order valence-electron chi connectivity index (χ0n) is 10.3. The van der Waals surface area contributed by atoms with E-state index in [0.717, 1.165) is 24.3 Å². The van der Waals surface area contributed by atoms with Gasteiger partial charge in [-0.25, -0.2) is 9.97 Å². The van der Waals surface area contributed by atoms with Crippen molar-refractivity contribution < 1.29 is 4.74 Å². The Labute approximate surface area is 106 Å². The smallest absolute Gasteiger partial charge is 0.122 e. The third-order valence-electron chi connectivity index (χ3n) is 3.25. The summed E-state index contributed by atoms with van der Waals surface area (Å²) in [5.41, 5.74) is 3.57. The molecule has 4 nitrogen and oxygen atoms in total. The van der Waals surface area contributed by atoms with E-state index >= 15 is 0 Å². The Hall–Kier alpha value is -1.94. The van der Waals surface area contributed by atoms with Crippen LogP contribution >= 0.6 is 0 Å². The first-order chi connectivity index (χ1) is 8.88. The molecule has 1 aromatic carbocycles. The minimum absolute atomic E-state index is 0.122. The van der Waals surface area contributed by atoms with Crippen molar-refractivity contribution >= 4 is 0 Å². The molecule has 92 valence electrons. The summed E-state index contributed by atoms with van der Waals surface area (Å²) in [4.78, 5) is 8.15. The number of aromatic nitrogens is 2. The number of hydrogen-bond acceptors (Lipinski definition) is 4. The van der Waals surface area contributed by atoms with Crippen molar-refractivity contribution in [3.8, 4) is 5.75 Å². The minimum atomic E-state index is 0.122. The third kappa shape index (κ3) is 1.95. The number of rotatable bonds is 3. The first-order valence-corrected chi connectivity index (χ1v) is 6.06. The standard InChI is InChI=1S/C14H15N3O/c1-15-14(12-7-16-9-17-8-12)11-2-3-13-10(6-11)4-5-18-13/h2-3,6-9,14-15H,4-5H2,1H3. The number of fused-ring (bicyclic) bond motifs is 1. The molecule has 0 fully saturated rings. The molecule has 2 heterocycles. The lowest BCUT2D eigenvalue weighted by Crippen LogP contribution is -2.18. The van der Waals surface area contributed by atoms with E-state index in [1.165, 1.54) is 11.1 Å². The minimum Gasteiger partial charge on any atom is -0.493 e. The van der Waals surface area contributed by atoms with Gasteiger partial charge in [0, 0.05) is 24.4 Å². The number of hydrogen-bond donors (Lipinski definition) is 1. The maximum atomic E-state index is 5.53. The highest BCUT2D eigenvalue weighted by Gasteiger charge is 2.17. The molecule has 0 bridgehead atoms. The highest BCUT2D eigenvalue weighted by molar-refractivity contribution is 5.42. The number of nitrogens with zero attached hydrogens (tertiary/aromatic N) is 2. The van der Waals surface area contributed by atoms with Gasteiger partial charge in [0.25, 0.3) is 0 Å². The largest absolute Gasteiger partial charge is 0.493 e. The van der Waals surface area contributed by atoms with E-state index in [1.54, 1.807) is 6.33 Å². The van der Waals surface area contributed by atoms with Gasteiger partial charge in [-0.05, 0) is 24.2 Å². The van der Waals surface area contributed by atoms with Crippen molar-refractivity contribution in [3.05, 3.63) is 53.6 Å². The van der Waals surface area contributed by atoms with Crippen LogP contribution < -0.4 is 10.1 Å². The predicted octanol–water partition coefficient (Wildman–Crippen LogP) is 1.72. The molecule has 0 aliphatic carbocycles. The summed E-state index contributed by atoms with van der Waals surface area (Å²) in [6.45, 7) is 0.789. The van der Waals surface area contributed by atoms with Crippen LogP contribution in [0.25, 0.3) is 0 Å². The van der Waals surface area contributed by atoms with E-state index in [-0.39, 0.29) is 6.04 Å². The fourth-order valence-electron chi connectivity index (χ4n) is 2.37. The van der Waals surface area contributed by atoms with Crippen LogP contribution in [-0.2, 0) is 6.42 Å². The van der Waals surface area contributed by atoms with Gasteiger partial charge in [0.1, 0.15) is 12.1 Å². The fraction of sp³-hybridized carbons (Fsp3) is 0.286. The molecule has 1 aliphatic rings. The van der Waals surface area contributed by atoms with Crippen molar-refractivity contribution in [2.45, 2.75) is 12.5 Å². The highest BCUT2D eigenvalue weighted by Crippen LogP contribution is 2.29. The molecule has 1 atom stereocenters. The third-order valence-corrected chi connectivity index (χ3v) is 3.25. The van der Waals surface area contributed by atoms with Crippen LogP contribution in [0.3, 0.4) is 0 Å². The molecule has 0 radical (unpaired) electrons. The second-order valence-electron chi connectivity index (χ2n) is 4.36. The summed E-state index contributed by atoms with van der Waals surface area (Å²) in [6, 6.07) is 6.47. The van der Waals surface area contributed by atoms with Crippen LogP contribution in [0.5, 0.6) is 5.75 Å². The molecule has 0 saturated carbocycles. The monoisotopic (exact) mass is 241 g/mol. The summed E-state index contributed by atoms with van der Waals surface area (Å²) in [5, 5.41) is 3.30. The zero-order valence-corrected chi connectivity index (χ0v) is 10.3.